The molecule has 2 N–H and O–H groups in total. The summed E-state index contributed by atoms with van der Waals surface area (Å²) in [5.41, 5.74) is 2.95. The summed E-state index contributed by atoms with van der Waals surface area (Å²) < 4.78 is 5.81. The summed E-state index contributed by atoms with van der Waals surface area (Å²) in [6.45, 7) is 0. The number of carbonyl (C=O) groups excluding carboxylic acids is 3. The molecule has 8 nitrogen and oxygen atoms in total. The molecule has 3 amide bonds. The molecule has 1 saturated heterocycles. The minimum Gasteiger partial charge on any atom is -0.436 e. The van der Waals surface area contributed by atoms with Crippen LogP contribution in [0.5, 0.6) is 0 Å². The third-order valence-corrected chi connectivity index (χ3v) is 6.83. The number of nitrogens with zero attached hydrogens (tertiary/aromatic N) is 2. The lowest BCUT2D eigenvalue weighted by Crippen LogP contribution is -2.40. The zero-order chi connectivity index (χ0) is 23.7. The Bertz CT molecular complexity index is 1190. The van der Waals surface area contributed by atoms with Gasteiger partial charge in [-0.05, 0) is 62.1 Å². The molecule has 5 rings (SSSR count). The van der Waals surface area contributed by atoms with Crippen LogP contribution >= 0.6 is 0 Å². The van der Waals surface area contributed by atoms with E-state index in [1.54, 1.807) is 17.0 Å². The van der Waals surface area contributed by atoms with Crippen LogP contribution in [-0.2, 0) is 9.59 Å². The highest BCUT2D eigenvalue weighted by atomic mass is 16.3. The van der Waals surface area contributed by atoms with Gasteiger partial charge in [-0.3, -0.25) is 14.4 Å². The number of para-hydroxylation sites is 2. The highest BCUT2D eigenvalue weighted by Crippen LogP contribution is 2.27. The maximum absolute atomic E-state index is 13.1. The lowest BCUT2D eigenvalue weighted by atomic mass is 10.1. The van der Waals surface area contributed by atoms with Crippen LogP contribution in [0.15, 0.2) is 52.9 Å². The smallest absolute Gasteiger partial charge is 0.253 e. The monoisotopic (exact) mass is 460 g/mol. The second-order valence-electron chi connectivity index (χ2n) is 9.22. The molecule has 2 aromatic carbocycles. The first-order valence-corrected chi connectivity index (χ1v) is 11.8. The van der Waals surface area contributed by atoms with Gasteiger partial charge in [0, 0.05) is 49.1 Å². The molecule has 0 bridgehead atoms. The molecule has 34 heavy (non-hydrogen) atoms. The van der Waals surface area contributed by atoms with Gasteiger partial charge in [0.05, 0.1) is 0 Å². The molecule has 1 aromatic heterocycles. The Morgan fingerprint density at radius 1 is 1.12 bits per heavy atom. The van der Waals surface area contributed by atoms with Crippen molar-refractivity contribution in [2.45, 2.75) is 56.7 Å². The van der Waals surface area contributed by atoms with Crippen molar-refractivity contribution in [3.05, 3.63) is 54.1 Å². The number of nitrogens with one attached hydrogen (secondary N) is 2. The van der Waals surface area contributed by atoms with E-state index in [1.807, 2.05) is 43.4 Å². The topological polar surface area (TPSA) is 105 Å². The van der Waals surface area contributed by atoms with Gasteiger partial charge in [0.1, 0.15) is 5.52 Å². The maximum Gasteiger partial charge on any atom is 0.253 e. The molecule has 1 saturated carbocycles. The SMILES string of the molecule is CN(C(=O)c1ccc(-c2nc3ccccc3o2)cc1)[C@@H]1CC[C@H](NC(=O)CC2CCC(=O)N2)C1. The quantitative estimate of drug-likeness (QED) is 0.588. The molecule has 2 aliphatic rings. The molecule has 3 aromatic rings. The van der Waals surface area contributed by atoms with E-state index >= 15 is 0 Å². The van der Waals surface area contributed by atoms with E-state index in [1.165, 1.54) is 0 Å². The Morgan fingerprint density at radius 3 is 2.65 bits per heavy atom. The van der Waals surface area contributed by atoms with Crippen molar-refractivity contribution < 1.29 is 18.8 Å². The van der Waals surface area contributed by atoms with Crippen LogP contribution in [0.4, 0.5) is 0 Å². The summed E-state index contributed by atoms with van der Waals surface area (Å²) in [6.07, 6.45) is 3.92. The summed E-state index contributed by atoms with van der Waals surface area (Å²) in [6, 6.07) is 15.0. The average Bonchev–Trinajstić information content (AvgIpc) is 3.58. The van der Waals surface area contributed by atoms with Crippen LogP contribution in [0.25, 0.3) is 22.6 Å². The number of rotatable bonds is 6. The van der Waals surface area contributed by atoms with Crippen LogP contribution in [0.1, 0.15) is 48.9 Å². The third-order valence-electron chi connectivity index (χ3n) is 6.83. The van der Waals surface area contributed by atoms with Gasteiger partial charge in [0.25, 0.3) is 5.91 Å². The second kappa shape index (κ2) is 9.29. The predicted octanol–water partition coefficient (Wildman–Crippen LogP) is 3.27. The fourth-order valence-electron chi connectivity index (χ4n) is 4.90. The van der Waals surface area contributed by atoms with Crippen LogP contribution in [-0.4, -0.2) is 52.8 Å². The first-order valence-electron chi connectivity index (χ1n) is 11.8. The Kier molecular flexibility index (Phi) is 6.04. The van der Waals surface area contributed by atoms with Gasteiger partial charge >= 0.3 is 0 Å². The average molecular weight is 461 g/mol. The number of amides is 3. The van der Waals surface area contributed by atoms with E-state index in [-0.39, 0.29) is 35.8 Å². The molecule has 1 aliphatic heterocycles. The normalized spacial score (nSPS) is 22.0. The maximum atomic E-state index is 13.1. The number of fused-ring (bicyclic) bond motifs is 1. The Balaban J connectivity index is 1.16. The molecular formula is C26H28N4O4. The van der Waals surface area contributed by atoms with Crippen molar-refractivity contribution in [2.24, 2.45) is 0 Å². The highest BCUT2D eigenvalue weighted by Gasteiger charge is 2.32. The van der Waals surface area contributed by atoms with Crippen molar-refractivity contribution in [3.8, 4) is 11.5 Å². The van der Waals surface area contributed by atoms with Gasteiger partial charge in [-0.25, -0.2) is 4.98 Å². The Hall–Kier alpha value is -3.68. The summed E-state index contributed by atoms with van der Waals surface area (Å²) in [4.78, 5) is 43.0. The van der Waals surface area contributed by atoms with Crippen LogP contribution < -0.4 is 10.6 Å². The zero-order valence-electron chi connectivity index (χ0n) is 19.1. The van der Waals surface area contributed by atoms with Gasteiger partial charge in [0.15, 0.2) is 5.58 Å². The standard InChI is InChI=1S/C26H28N4O4/c1-30(20-12-10-18(14-20)28-24(32)15-19-11-13-23(31)27-19)26(33)17-8-6-16(7-9-17)25-29-21-4-2-3-5-22(21)34-25/h2-9,18-20H,10-15H2,1H3,(H,27,31)(H,28,32)/t18-,19?,20+/m0/s1. The molecule has 8 heteroatoms. The molecule has 0 spiro atoms. The number of carbonyl (C=O) groups is 3. The van der Waals surface area contributed by atoms with Gasteiger partial charge in [-0.15, -0.1) is 0 Å². The van der Waals surface area contributed by atoms with Crippen LogP contribution in [0.3, 0.4) is 0 Å². The Labute approximate surface area is 197 Å². The van der Waals surface area contributed by atoms with Gasteiger partial charge in [-0.1, -0.05) is 12.1 Å². The van der Waals surface area contributed by atoms with E-state index < -0.39 is 0 Å². The molecule has 0 radical (unpaired) electrons. The Morgan fingerprint density at radius 2 is 1.91 bits per heavy atom. The van der Waals surface area contributed by atoms with Gasteiger partial charge in [0.2, 0.25) is 17.7 Å². The fraction of sp³-hybridized carbons (Fsp3) is 0.385. The second-order valence-corrected chi connectivity index (χ2v) is 9.22. The van der Waals surface area contributed by atoms with Crippen LogP contribution in [0.2, 0.25) is 0 Å². The lowest BCUT2D eigenvalue weighted by molar-refractivity contribution is -0.122. The van der Waals surface area contributed by atoms with Crippen LogP contribution in [0, 0.1) is 0 Å². The van der Waals surface area contributed by atoms with Gasteiger partial charge < -0.3 is 20.0 Å². The van der Waals surface area contributed by atoms with Gasteiger partial charge in [-0.2, -0.15) is 0 Å². The van der Waals surface area contributed by atoms with E-state index in [9.17, 15) is 14.4 Å². The number of hydrogen-bond acceptors (Lipinski definition) is 5. The van der Waals surface area contributed by atoms with Crippen molar-refractivity contribution in [2.75, 3.05) is 7.05 Å². The van der Waals surface area contributed by atoms with E-state index in [2.05, 4.69) is 15.6 Å². The van der Waals surface area contributed by atoms with E-state index in [0.29, 0.717) is 30.7 Å². The van der Waals surface area contributed by atoms with Crippen molar-refractivity contribution >= 4 is 28.8 Å². The van der Waals surface area contributed by atoms with Crippen molar-refractivity contribution in [3.63, 3.8) is 0 Å². The summed E-state index contributed by atoms with van der Waals surface area (Å²) in [7, 11) is 1.82. The molecule has 1 unspecified atom stereocenters. The van der Waals surface area contributed by atoms with E-state index in [4.69, 9.17) is 4.42 Å². The minimum absolute atomic E-state index is 0.0146. The fourth-order valence-corrected chi connectivity index (χ4v) is 4.90. The van der Waals surface area contributed by atoms with Crippen molar-refractivity contribution in [1.82, 2.24) is 20.5 Å². The third kappa shape index (κ3) is 4.66. The summed E-state index contributed by atoms with van der Waals surface area (Å²) in [5, 5.41) is 5.90. The molecule has 176 valence electrons. The number of oxazole rings is 1. The lowest BCUT2D eigenvalue weighted by Gasteiger charge is -2.25. The first kappa shape index (κ1) is 22.1. The molecule has 2 fully saturated rings. The first-order chi connectivity index (χ1) is 16.5. The number of hydrogen-bond donors (Lipinski definition) is 2. The molecule has 2 heterocycles. The zero-order valence-corrected chi connectivity index (χ0v) is 19.1. The molecule has 1 aliphatic carbocycles. The highest BCUT2D eigenvalue weighted by molar-refractivity contribution is 5.94. The number of aromatic nitrogens is 1. The number of benzene rings is 2. The molecular weight excluding hydrogens is 432 g/mol. The molecule has 3 atom stereocenters. The van der Waals surface area contributed by atoms with E-state index in [0.717, 1.165) is 35.9 Å². The predicted molar refractivity (Wildman–Crippen MR) is 127 cm³/mol. The largest absolute Gasteiger partial charge is 0.436 e. The minimum atomic E-state index is -0.0633. The summed E-state index contributed by atoms with van der Waals surface area (Å²) in [5.74, 6) is 0.456. The summed E-state index contributed by atoms with van der Waals surface area (Å²) >= 11 is 0. The van der Waals surface area contributed by atoms with Crippen molar-refractivity contribution in [1.29, 1.82) is 0 Å².